The van der Waals surface area contributed by atoms with Crippen LogP contribution >= 0.6 is 0 Å². The highest BCUT2D eigenvalue weighted by molar-refractivity contribution is 6.00. The maximum atomic E-state index is 13.6. The van der Waals surface area contributed by atoms with Crippen LogP contribution in [-0.2, 0) is 0 Å². The molecule has 2 nitrogen and oxygen atoms in total. The summed E-state index contributed by atoms with van der Waals surface area (Å²) in [5, 5.41) is 0. The van der Waals surface area contributed by atoms with Crippen molar-refractivity contribution >= 4 is 5.78 Å². The van der Waals surface area contributed by atoms with Crippen LogP contribution in [0.5, 0.6) is 0 Å². The van der Waals surface area contributed by atoms with Crippen LogP contribution in [0.15, 0.2) is 18.2 Å². The van der Waals surface area contributed by atoms with Crippen molar-refractivity contribution in [1.29, 1.82) is 0 Å². The highest BCUT2D eigenvalue weighted by atomic mass is 19.1. The first-order chi connectivity index (χ1) is 8.88. The fourth-order valence-corrected chi connectivity index (χ4v) is 2.22. The summed E-state index contributed by atoms with van der Waals surface area (Å²) in [5.74, 6) is -1.77. The fraction of sp³-hybridized carbons (Fsp3) is 0.533. The maximum Gasteiger partial charge on any atom is 0.182 e. The lowest BCUT2D eigenvalue weighted by atomic mass is 10.0. The minimum atomic E-state index is -0.794. The number of rotatable bonds is 6. The highest BCUT2D eigenvalue weighted by Gasteiger charge is 2.25. The molecular weight excluding hydrogens is 248 g/mol. The van der Waals surface area contributed by atoms with Gasteiger partial charge in [-0.05, 0) is 45.9 Å². The summed E-state index contributed by atoms with van der Waals surface area (Å²) < 4.78 is 26.5. The zero-order valence-corrected chi connectivity index (χ0v) is 11.9. The molecule has 0 spiro atoms. The van der Waals surface area contributed by atoms with E-state index in [4.69, 9.17) is 0 Å². The predicted molar refractivity (Wildman–Crippen MR) is 72.3 cm³/mol. The molecule has 0 N–H and O–H groups in total. The second-order valence-corrected chi connectivity index (χ2v) is 5.00. The third kappa shape index (κ3) is 3.83. The SMILES string of the molecule is CCCN(C(C)C)C(C)C(=O)c1ccc(F)cc1F. The lowest BCUT2D eigenvalue weighted by Crippen LogP contribution is -2.44. The molecule has 1 rings (SSSR count). The van der Waals surface area contributed by atoms with E-state index in [9.17, 15) is 13.6 Å². The van der Waals surface area contributed by atoms with Crippen molar-refractivity contribution in [3.05, 3.63) is 35.4 Å². The van der Waals surface area contributed by atoms with Crippen molar-refractivity contribution in [2.75, 3.05) is 6.54 Å². The van der Waals surface area contributed by atoms with Crippen LogP contribution in [0, 0.1) is 11.6 Å². The van der Waals surface area contributed by atoms with Gasteiger partial charge in [0, 0.05) is 12.1 Å². The van der Waals surface area contributed by atoms with E-state index in [0.717, 1.165) is 25.1 Å². The first-order valence-corrected chi connectivity index (χ1v) is 6.63. The van der Waals surface area contributed by atoms with Crippen molar-refractivity contribution in [2.45, 2.75) is 46.2 Å². The summed E-state index contributed by atoms with van der Waals surface area (Å²) in [5.41, 5.74) is -0.0457. The van der Waals surface area contributed by atoms with Gasteiger partial charge in [-0.2, -0.15) is 0 Å². The van der Waals surface area contributed by atoms with E-state index >= 15 is 0 Å². The van der Waals surface area contributed by atoms with Crippen molar-refractivity contribution in [1.82, 2.24) is 4.90 Å². The van der Waals surface area contributed by atoms with Crippen molar-refractivity contribution in [3.8, 4) is 0 Å². The van der Waals surface area contributed by atoms with E-state index in [1.807, 2.05) is 25.7 Å². The average Bonchev–Trinajstić information content (AvgIpc) is 2.34. The van der Waals surface area contributed by atoms with Crippen LogP contribution in [0.1, 0.15) is 44.5 Å². The summed E-state index contributed by atoms with van der Waals surface area (Å²) in [4.78, 5) is 14.3. The fourth-order valence-electron chi connectivity index (χ4n) is 2.22. The largest absolute Gasteiger partial charge is 0.292 e. The standard InChI is InChI=1S/C15H21F2NO/c1-5-8-18(10(2)3)11(4)15(19)13-7-6-12(16)9-14(13)17/h6-7,9-11H,5,8H2,1-4H3. The van der Waals surface area contributed by atoms with Gasteiger partial charge in [-0.15, -0.1) is 0 Å². The minimum Gasteiger partial charge on any atom is -0.292 e. The van der Waals surface area contributed by atoms with Crippen LogP contribution < -0.4 is 0 Å². The molecule has 106 valence electrons. The van der Waals surface area contributed by atoms with Crippen molar-refractivity contribution in [2.24, 2.45) is 0 Å². The lowest BCUT2D eigenvalue weighted by Gasteiger charge is -2.31. The Hall–Kier alpha value is -1.29. The second-order valence-electron chi connectivity index (χ2n) is 5.00. The third-order valence-corrected chi connectivity index (χ3v) is 3.22. The quantitative estimate of drug-likeness (QED) is 0.735. The number of carbonyl (C=O) groups is 1. The van der Waals surface area contributed by atoms with Gasteiger partial charge in [0.05, 0.1) is 11.6 Å². The Morgan fingerprint density at radius 2 is 1.89 bits per heavy atom. The summed E-state index contributed by atoms with van der Waals surface area (Å²) in [7, 11) is 0. The van der Waals surface area contributed by atoms with Gasteiger partial charge in [0.1, 0.15) is 11.6 Å². The van der Waals surface area contributed by atoms with Gasteiger partial charge in [0.2, 0.25) is 0 Å². The molecule has 1 atom stereocenters. The van der Waals surface area contributed by atoms with E-state index in [1.165, 1.54) is 6.07 Å². The number of halogens is 2. The smallest absolute Gasteiger partial charge is 0.182 e. The molecule has 0 saturated heterocycles. The molecule has 0 aliphatic heterocycles. The number of carbonyl (C=O) groups excluding carboxylic acids is 1. The summed E-state index contributed by atoms with van der Waals surface area (Å²) in [6, 6.07) is 2.86. The number of Topliss-reactive ketones (excluding diaryl/α,β-unsaturated/α-hetero) is 1. The Labute approximate surface area is 113 Å². The van der Waals surface area contributed by atoms with Crippen LogP contribution in [0.2, 0.25) is 0 Å². The molecule has 1 aromatic rings. The van der Waals surface area contributed by atoms with Gasteiger partial charge >= 0.3 is 0 Å². The van der Waals surface area contributed by atoms with Gasteiger partial charge < -0.3 is 0 Å². The molecule has 0 aliphatic carbocycles. The Morgan fingerprint density at radius 1 is 1.26 bits per heavy atom. The molecule has 19 heavy (non-hydrogen) atoms. The Balaban J connectivity index is 2.97. The molecule has 4 heteroatoms. The molecule has 0 fully saturated rings. The number of ketones is 1. The van der Waals surface area contributed by atoms with Crippen molar-refractivity contribution in [3.63, 3.8) is 0 Å². The minimum absolute atomic E-state index is 0.0457. The van der Waals surface area contributed by atoms with Gasteiger partial charge in [0.25, 0.3) is 0 Å². The lowest BCUT2D eigenvalue weighted by molar-refractivity contribution is 0.0784. The molecule has 1 aromatic carbocycles. The number of benzene rings is 1. The van der Waals surface area contributed by atoms with Gasteiger partial charge in [-0.25, -0.2) is 8.78 Å². The normalized spacial score (nSPS) is 13.1. The number of hydrogen-bond acceptors (Lipinski definition) is 2. The highest BCUT2D eigenvalue weighted by Crippen LogP contribution is 2.16. The zero-order valence-electron chi connectivity index (χ0n) is 11.9. The average molecular weight is 269 g/mol. The summed E-state index contributed by atoms with van der Waals surface area (Å²) in [6.45, 7) is 8.57. The summed E-state index contributed by atoms with van der Waals surface area (Å²) in [6.07, 6.45) is 0.918. The molecule has 0 radical (unpaired) electrons. The molecule has 1 unspecified atom stereocenters. The van der Waals surface area contributed by atoms with Gasteiger partial charge in [0.15, 0.2) is 5.78 Å². The summed E-state index contributed by atoms with van der Waals surface area (Å²) >= 11 is 0. The first kappa shape index (κ1) is 15.8. The maximum absolute atomic E-state index is 13.6. The molecule has 0 amide bonds. The molecular formula is C15H21F2NO. The Kier molecular flexibility index (Phi) is 5.60. The monoisotopic (exact) mass is 269 g/mol. The van der Waals surface area contributed by atoms with Crippen LogP contribution in [-0.4, -0.2) is 29.3 Å². The molecule has 0 heterocycles. The van der Waals surface area contributed by atoms with Gasteiger partial charge in [-0.1, -0.05) is 6.92 Å². The zero-order chi connectivity index (χ0) is 14.6. The van der Waals surface area contributed by atoms with E-state index in [1.54, 1.807) is 6.92 Å². The van der Waals surface area contributed by atoms with Crippen LogP contribution in [0.25, 0.3) is 0 Å². The predicted octanol–water partition coefficient (Wildman–Crippen LogP) is 3.66. The van der Waals surface area contributed by atoms with Crippen molar-refractivity contribution < 1.29 is 13.6 Å². The van der Waals surface area contributed by atoms with E-state index in [2.05, 4.69) is 0 Å². The first-order valence-electron chi connectivity index (χ1n) is 6.63. The molecule has 0 aliphatic rings. The molecule has 0 saturated carbocycles. The number of hydrogen-bond donors (Lipinski definition) is 0. The molecule has 0 bridgehead atoms. The van der Waals surface area contributed by atoms with E-state index in [0.29, 0.717) is 0 Å². The van der Waals surface area contributed by atoms with E-state index in [-0.39, 0.29) is 17.4 Å². The Morgan fingerprint density at radius 3 is 2.37 bits per heavy atom. The van der Waals surface area contributed by atoms with Crippen LogP contribution in [0.3, 0.4) is 0 Å². The van der Waals surface area contributed by atoms with Crippen LogP contribution in [0.4, 0.5) is 8.78 Å². The third-order valence-electron chi connectivity index (χ3n) is 3.22. The topological polar surface area (TPSA) is 20.3 Å². The number of nitrogens with zero attached hydrogens (tertiary/aromatic N) is 1. The Bertz CT molecular complexity index is 446. The molecule has 0 aromatic heterocycles. The van der Waals surface area contributed by atoms with Gasteiger partial charge in [-0.3, -0.25) is 9.69 Å². The second kappa shape index (κ2) is 6.75. The van der Waals surface area contributed by atoms with E-state index < -0.39 is 17.7 Å².